The normalized spacial score (nSPS) is 16.9. The summed E-state index contributed by atoms with van der Waals surface area (Å²) in [7, 11) is 0. The summed E-state index contributed by atoms with van der Waals surface area (Å²) < 4.78 is 17.0. The number of benzene rings is 2. The summed E-state index contributed by atoms with van der Waals surface area (Å²) in [6.07, 6.45) is 6.84. The number of rotatable bonds is 8. The Balaban J connectivity index is 1.18. The quantitative estimate of drug-likeness (QED) is 0.309. The first-order chi connectivity index (χ1) is 19.0. The van der Waals surface area contributed by atoms with E-state index in [1.807, 2.05) is 40.9 Å². The van der Waals surface area contributed by atoms with Crippen molar-refractivity contribution in [3.8, 4) is 11.3 Å². The molecule has 4 heterocycles. The van der Waals surface area contributed by atoms with Gasteiger partial charge < -0.3 is 16.0 Å². The van der Waals surface area contributed by atoms with Crippen molar-refractivity contribution >= 4 is 28.8 Å². The molecule has 0 bridgehead atoms. The molecule has 3 N–H and O–H groups in total. The van der Waals surface area contributed by atoms with E-state index in [0.29, 0.717) is 41.7 Å². The molecule has 1 saturated heterocycles. The average Bonchev–Trinajstić information content (AvgIpc) is 3.68. The number of carbonyl (C=O) groups excluding carboxylic acids is 2. The molecule has 6 rings (SSSR count). The highest BCUT2D eigenvalue weighted by molar-refractivity contribution is 5.99. The number of likely N-dealkylation sites (tertiary alicyclic amines) is 1. The van der Waals surface area contributed by atoms with Gasteiger partial charge in [-0.2, -0.15) is 0 Å². The number of aromatic nitrogens is 2. The van der Waals surface area contributed by atoms with Crippen molar-refractivity contribution in [3.63, 3.8) is 0 Å². The number of carbonyl (C=O) groups is 2. The number of hydrogen-bond donors (Lipinski definition) is 3. The lowest BCUT2D eigenvalue weighted by Crippen LogP contribution is -2.40. The van der Waals surface area contributed by atoms with Gasteiger partial charge in [-0.1, -0.05) is 13.0 Å². The molecule has 8 nitrogen and oxygen atoms in total. The smallest absolute Gasteiger partial charge is 0.254 e. The van der Waals surface area contributed by atoms with E-state index >= 15 is 4.39 Å². The fourth-order valence-corrected chi connectivity index (χ4v) is 5.68. The van der Waals surface area contributed by atoms with Gasteiger partial charge in [0.05, 0.1) is 16.9 Å². The summed E-state index contributed by atoms with van der Waals surface area (Å²) >= 11 is 0. The monoisotopic (exact) mass is 526 g/mol. The van der Waals surface area contributed by atoms with Gasteiger partial charge >= 0.3 is 0 Å². The van der Waals surface area contributed by atoms with E-state index in [0.717, 1.165) is 49.2 Å². The lowest BCUT2D eigenvalue weighted by atomic mass is 10.0. The van der Waals surface area contributed by atoms with Gasteiger partial charge in [0.1, 0.15) is 5.82 Å². The molecule has 0 aliphatic carbocycles. The highest BCUT2D eigenvalue weighted by atomic mass is 19.1. The Morgan fingerprint density at radius 3 is 2.92 bits per heavy atom. The molecule has 2 aromatic heterocycles. The van der Waals surface area contributed by atoms with Crippen LogP contribution in [-0.4, -0.2) is 51.8 Å². The Kier molecular flexibility index (Phi) is 6.74. The Hall–Kier alpha value is -4.24. The largest absolute Gasteiger partial charge is 0.352 e. The van der Waals surface area contributed by atoms with Crippen LogP contribution in [0.4, 0.5) is 15.8 Å². The zero-order valence-electron chi connectivity index (χ0n) is 21.8. The topological polar surface area (TPSA) is 90.8 Å². The van der Waals surface area contributed by atoms with Crippen LogP contribution in [0.5, 0.6) is 0 Å². The molecule has 0 unspecified atom stereocenters. The number of amides is 2. The van der Waals surface area contributed by atoms with Crippen molar-refractivity contribution in [2.75, 3.05) is 25.0 Å². The summed E-state index contributed by atoms with van der Waals surface area (Å²) in [4.78, 5) is 31.6. The Bertz CT molecular complexity index is 1560. The second kappa shape index (κ2) is 10.5. The maximum Gasteiger partial charge on any atom is 0.254 e. The van der Waals surface area contributed by atoms with Crippen LogP contribution in [0.3, 0.4) is 0 Å². The highest BCUT2D eigenvalue weighted by Crippen LogP contribution is 2.30. The molecular formula is C30H31FN6O2. The summed E-state index contributed by atoms with van der Waals surface area (Å²) in [6, 6.07) is 14.5. The minimum atomic E-state index is -0.577. The van der Waals surface area contributed by atoms with E-state index in [-0.39, 0.29) is 11.5 Å². The Morgan fingerprint density at radius 2 is 2.08 bits per heavy atom. The van der Waals surface area contributed by atoms with Crippen molar-refractivity contribution < 1.29 is 14.0 Å². The molecule has 0 radical (unpaired) electrons. The van der Waals surface area contributed by atoms with Crippen LogP contribution in [0.2, 0.25) is 0 Å². The molecule has 2 amide bonds. The van der Waals surface area contributed by atoms with Gasteiger partial charge in [-0.15, -0.1) is 0 Å². The van der Waals surface area contributed by atoms with Crippen LogP contribution in [0, 0.1) is 5.82 Å². The molecular weight excluding hydrogens is 495 g/mol. The van der Waals surface area contributed by atoms with E-state index in [9.17, 15) is 9.59 Å². The van der Waals surface area contributed by atoms with E-state index in [1.54, 1.807) is 12.3 Å². The number of halogens is 1. The number of fused-ring (bicyclic) bond motifs is 2. The first kappa shape index (κ1) is 25.1. The van der Waals surface area contributed by atoms with E-state index in [1.165, 1.54) is 12.1 Å². The van der Waals surface area contributed by atoms with Gasteiger partial charge in [-0.25, -0.2) is 9.37 Å². The second-order valence-corrected chi connectivity index (χ2v) is 10.2. The van der Waals surface area contributed by atoms with Crippen molar-refractivity contribution in [3.05, 3.63) is 83.4 Å². The third-order valence-electron chi connectivity index (χ3n) is 7.63. The molecule has 1 fully saturated rings. The first-order valence-corrected chi connectivity index (χ1v) is 13.5. The van der Waals surface area contributed by atoms with Gasteiger partial charge in [-0.3, -0.25) is 18.9 Å². The van der Waals surface area contributed by atoms with E-state index in [4.69, 9.17) is 0 Å². The fraction of sp³-hybridized carbons (Fsp3) is 0.300. The molecule has 0 saturated carbocycles. The van der Waals surface area contributed by atoms with Crippen molar-refractivity contribution in [1.82, 2.24) is 24.9 Å². The lowest BCUT2D eigenvalue weighted by molar-refractivity contribution is 0.0934. The summed E-state index contributed by atoms with van der Waals surface area (Å²) in [5, 5.41) is 9.02. The third kappa shape index (κ3) is 4.85. The molecule has 1 atom stereocenters. The number of imidazole rings is 1. The maximum absolute atomic E-state index is 15.0. The van der Waals surface area contributed by atoms with Gasteiger partial charge in [0.25, 0.3) is 11.8 Å². The predicted octanol–water partition coefficient (Wildman–Crippen LogP) is 4.73. The van der Waals surface area contributed by atoms with Crippen LogP contribution in [0.25, 0.3) is 16.9 Å². The summed E-state index contributed by atoms with van der Waals surface area (Å²) in [5.74, 6) is -1.02. The SMILES string of the molecule is CCCN1CCC[C@H]1CNC(=O)c1ccc(Nc2ccc(-c3ccc4c(c3)CNC4=O)n3ccnc23)cc1F. The first-order valence-electron chi connectivity index (χ1n) is 13.5. The molecule has 39 heavy (non-hydrogen) atoms. The van der Waals surface area contributed by atoms with Crippen LogP contribution in [0.1, 0.15) is 52.5 Å². The molecule has 2 aliphatic heterocycles. The molecule has 2 aliphatic rings. The molecule has 0 spiro atoms. The lowest BCUT2D eigenvalue weighted by Gasteiger charge is -2.24. The maximum atomic E-state index is 15.0. The Labute approximate surface area is 226 Å². The molecule has 2 aromatic carbocycles. The zero-order chi connectivity index (χ0) is 26.9. The number of hydrogen-bond acceptors (Lipinski definition) is 5. The molecule has 200 valence electrons. The standard InChI is InChI=1S/C30H31FN6O2/c1-2-12-36-13-3-4-22(36)18-34-30(39)24-8-6-21(16-25(24)31)35-26-9-10-27(37-14-11-32-28(26)37)19-5-7-23-20(15-19)17-33-29(23)38/h5-11,14-16,22,35H,2-4,12-13,17-18H2,1H3,(H,33,38)(H,34,39)/t22-/m0/s1. The number of pyridine rings is 1. The number of nitrogens with zero attached hydrogens (tertiary/aromatic N) is 3. The Morgan fingerprint density at radius 1 is 1.18 bits per heavy atom. The zero-order valence-corrected chi connectivity index (χ0v) is 21.8. The van der Waals surface area contributed by atoms with Crippen molar-refractivity contribution in [2.45, 2.75) is 38.8 Å². The number of anilines is 2. The van der Waals surface area contributed by atoms with Crippen molar-refractivity contribution in [2.24, 2.45) is 0 Å². The van der Waals surface area contributed by atoms with Crippen LogP contribution in [-0.2, 0) is 6.54 Å². The summed E-state index contributed by atoms with van der Waals surface area (Å²) in [5.41, 5.74) is 5.50. The van der Waals surface area contributed by atoms with E-state index < -0.39 is 11.7 Å². The molecule has 4 aromatic rings. The third-order valence-corrected chi connectivity index (χ3v) is 7.63. The highest BCUT2D eigenvalue weighted by Gasteiger charge is 2.25. The van der Waals surface area contributed by atoms with Crippen LogP contribution >= 0.6 is 0 Å². The van der Waals surface area contributed by atoms with Crippen LogP contribution < -0.4 is 16.0 Å². The number of nitrogens with one attached hydrogen (secondary N) is 3. The van der Waals surface area contributed by atoms with Gasteiger partial charge in [0, 0.05) is 42.8 Å². The van der Waals surface area contributed by atoms with Gasteiger partial charge in [0.15, 0.2) is 5.65 Å². The average molecular weight is 527 g/mol. The van der Waals surface area contributed by atoms with Crippen LogP contribution in [0.15, 0.2) is 60.9 Å². The van der Waals surface area contributed by atoms with Gasteiger partial charge in [-0.05, 0) is 85.9 Å². The van der Waals surface area contributed by atoms with E-state index in [2.05, 4.69) is 32.8 Å². The van der Waals surface area contributed by atoms with Crippen molar-refractivity contribution in [1.29, 1.82) is 0 Å². The molecule has 9 heteroatoms. The predicted molar refractivity (Wildman–Crippen MR) is 149 cm³/mol. The summed E-state index contributed by atoms with van der Waals surface area (Å²) in [6.45, 7) is 5.28. The minimum Gasteiger partial charge on any atom is -0.352 e. The second-order valence-electron chi connectivity index (χ2n) is 10.2. The van der Waals surface area contributed by atoms with Gasteiger partial charge in [0.2, 0.25) is 0 Å². The fourth-order valence-electron chi connectivity index (χ4n) is 5.68. The minimum absolute atomic E-state index is 0.0338.